The predicted octanol–water partition coefficient (Wildman–Crippen LogP) is -4.11. The van der Waals surface area contributed by atoms with E-state index in [2.05, 4.69) is 46.5 Å². The van der Waals surface area contributed by atoms with Crippen molar-refractivity contribution in [1.29, 1.82) is 0 Å². The van der Waals surface area contributed by atoms with E-state index in [-0.39, 0.29) is 25.8 Å². The molecule has 6 amide bonds. The van der Waals surface area contributed by atoms with E-state index in [0.29, 0.717) is 17.8 Å². The number of carbonyl (C=O) groups excluding carboxylic acids is 6. The number of nitrogens with zero attached hydrogens (tertiary/aromatic N) is 3. The first-order valence-electron chi connectivity index (χ1n) is 17.2. The van der Waals surface area contributed by atoms with Crippen LogP contribution in [0, 0.1) is 5.92 Å². The van der Waals surface area contributed by atoms with Crippen LogP contribution in [0.25, 0.3) is 0 Å². The van der Waals surface area contributed by atoms with Crippen molar-refractivity contribution in [2.75, 3.05) is 19.7 Å². The fourth-order valence-electron chi connectivity index (χ4n) is 5.71. The monoisotopic (exact) mass is 761 g/mol. The maximum atomic E-state index is 13.8. The SMILES string of the molecule is CC(C)[C@H](NC(=O)[C@H](Cc1cnc[nH]1)NC(=O)[C@@H]1CCCN1C(=O)[C@H](CO)NC(=O)CN)C(=O)N[C@@H](CCC(=O)O)C(=O)N[C@@H](Cc1cnc[nH]1)C(=O)O. The Morgan fingerprint density at radius 2 is 1.43 bits per heavy atom. The van der Waals surface area contributed by atoms with E-state index < -0.39 is 116 Å². The number of aliphatic hydroxyl groups excluding tert-OH is 1. The Labute approximate surface area is 308 Å². The van der Waals surface area contributed by atoms with Crippen LogP contribution in [0.15, 0.2) is 25.0 Å². The van der Waals surface area contributed by atoms with Crippen molar-refractivity contribution < 1.29 is 53.7 Å². The molecular formula is C32H47N11O11. The first-order chi connectivity index (χ1) is 25.6. The van der Waals surface area contributed by atoms with Crippen molar-refractivity contribution >= 4 is 47.4 Å². The Bertz CT molecular complexity index is 1620. The number of H-pyrrole nitrogens is 2. The molecule has 6 atom stereocenters. The molecule has 2 aromatic heterocycles. The highest BCUT2D eigenvalue weighted by molar-refractivity contribution is 5.97. The number of aliphatic carboxylic acids is 2. The number of hydrogen-bond acceptors (Lipinski definition) is 12. The first kappa shape index (κ1) is 42.5. The second-order valence-corrected chi connectivity index (χ2v) is 12.9. The van der Waals surface area contributed by atoms with Gasteiger partial charge >= 0.3 is 11.9 Å². The molecule has 0 aromatic carbocycles. The van der Waals surface area contributed by atoms with Crippen LogP contribution in [-0.2, 0) is 51.2 Å². The molecule has 3 heterocycles. The fourth-order valence-corrected chi connectivity index (χ4v) is 5.71. The van der Waals surface area contributed by atoms with Crippen molar-refractivity contribution in [2.45, 2.75) is 88.6 Å². The lowest BCUT2D eigenvalue weighted by molar-refractivity contribution is -0.143. The third-order valence-corrected chi connectivity index (χ3v) is 8.57. The van der Waals surface area contributed by atoms with E-state index in [1.54, 1.807) is 13.8 Å². The van der Waals surface area contributed by atoms with E-state index in [0.717, 1.165) is 0 Å². The molecule has 3 rings (SSSR count). The highest BCUT2D eigenvalue weighted by Crippen LogP contribution is 2.19. The molecular weight excluding hydrogens is 714 g/mol. The van der Waals surface area contributed by atoms with Crippen LogP contribution in [0.3, 0.4) is 0 Å². The molecule has 1 aliphatic rings. The van der Waals surface area contributed by atoms with E-state index in [9.17, 15) is 53.7 Å². The molecule has 0 bridgehead atoms. The molecule has 296 valence electrons. The summed E-state index contributed by atoms with van der Waals surface area (Å²) in [6.07, 6.45) is 4.78. The number of carbonyl (C=O) groups is 8. The highest BCUT2D eigenvalue weighted by Gasteiger charge is 2.39. The molecule has 54 heavy (non-hydrogen) atoms. The third kappa shape index (κ3) is 12.4. The number of aromatic nitrogens is 4. The quantitative estimate of drug-likeness (QED) is 0.0576. The van der Waals surface area contributed by atoms with Crippen LogP contribution in [-0.4, -0.2) is 143 Å². The summed E-state index contributed by atoms with van der Waals surface area (Å²) in [5.41, 5.74) is 6.13. The van der Waals surface area contributed by atoms with Crippen LogP contribution in [0.1, 0.15) is 50.9 Å². The fraction of sp³-hybridized carbons (Fsp3) is 0.562. The molecule has 0 unspecified atom stereocenters. The van der Waals surface area contributed by atoms with Gasteiger partial charge in [-0.2, -0.15) is 0 Å². The summed E-state index contributed by atoms with van der Waals surface area (Å²) in [6, 6.07) is -8.06. The van der Waals surface area contributed by atoms with Gasteiger partial charge in [0.15, 0.2) is 0 Å². The number of rotatable bonds is 21. The topological polar surface area (TPSA) is 344 Å². The van der Waals surface area contributed by atoms with Crippen LogP contribution in [0.4, 0.5) is 0 Å². The zero-order chi connectivity index (χ0) is 39.9. The summed E-state index contributed by atoms with van der Waals surface area (Å²) in [4.78, 5) is 117. The van der Waals surface area contributed by atoms with Gasteiger partial charge in [0.2, 0.25) is 35.4 Å². The van der Waals surface area contributed by atoms with Gasteiger partial charge in [-0.05, 0) is 25.2 Å². The molecule has 0 radical (unpaired) electrons. The number of aromatic amines is 2. The summed E-state index contributed by atoms with van der Waals surface area (Å²) in [6.45, 7) is 2.14. The number of carboxylic acids is 2. The van der Waals surface area contributed by atoms with Gasteiger partial charge in [0.1, 0.15) is 36.3 Å². The van der Waals surface area contributed by atoms with E-state index in [4.69, 9.17) is 5.73 Å². The molecule has 1 aliphatic heterocycles. The van der Waals surface area contributed by atoms with Crippen LogP contribution >= 0.6 is 0 Å². The molecule has 0 aliphatic carbocycles. The lowest BCUT2D eigenvalue weighted by atomic mass is 10.0. The Kier molecular flexibility index (Phi) is 16.0. The third-order valence-electron chi connectivity index (χ3n) is 8.57. The number of amides is 6. The van der Waals surface area contributed by atoms with Gasteiger partial charge in [0, 0.05) is 49.6 Å². The number of aliphatic hydroxyl groups is 1. The Hall–Kier alpha value is -5.90. The molecule has 12 N–H and O–H groups in total. The van der Waals surface area contributed by atoms with Crippen LogP contribution in [0.2, 0.25) is 0 Å². The number of nitrogens with one attached hydrogen (secondary N) is 7. The minimum Gasteiger partial charge on any atom is -0.481 e. The normalized spacial score (nSPS) is 16.7. The first-order valence-corrected chi connectivity index (χ1v) is 17.2. The largest absolute Gasteiger partial charge is 0.481 e. The number of hydrogen-bond donors (Lipinski definition) is 11. The van der Waals surface area contributed by atoms with E-state index in [1.165, 1.54) is 29.9 Å². The van der Waals surface area contributed by atoms with Crippen molar-refractivity contribution in [3.05, 3.63) is 36.4 Å². The van der Waals surface area contributed by atoms with Gasteiger partial charge in [-0.1, -0.05) is 13.8 Å². The summed E-state index contributed by atoms with van der Waals surface area (Å²) >= 11 is 0. The second-order valence-electron chi connectivity index (χ2n) is 12.9. The van der Waals surface area contributed by atoms with Crippen molar-refractivity contribution in [1.82, 2.24) is 51.4 Å². The number of likely N-dealkylation sites (tertiary alicyclic amines) is 1. The second kappa shape index (κ2) is 20.4. The summed E-state index contributed by atoms with van der Waals surface area (Å²) in [7, 11) is 0. The lowest BCUT2D eigenvalue weighted by Gasteiger charge is -2.30. The molecule has 1 fully saturated rings. The Morgan fingerprint density at radius 3 is 1.94 bits per heavy atom. The van der Waals surface area contributed by atoms with Gasteiger partial charge in [0.05, 0.1) is 25.8 Å². The maximum Gasteiger partial charge on any atom is 0.326 e. The zero-order valence-electron chi connectivity index (χ0n) is 29.7. The Morgan fingerprint density at radius 1 is 0.833 bits per heavy atom. The zero-order valence-corrected chi connectivity index (χ0v) is 29.7. The molecule has 0 spiro atoms. The maximum absolute atomic E-state index is 13.8. The lowest BCUT2D eigenvalue weighted by Crippen LogP contribution is -2.60. The summed E-state index contributed by atoms with van der Waals surface area (Å²) < 4.78 is 0. The summed E-state index contributed by atoms with van der Waals surface area (Å²) in [5.74, 6) is -8.12. The van der Waals surface area contributed by atoms with Crippen molar-refractivity contribution in [3.63, 3.8) is 0 Å². The molecule has 0 saturated carbocycles. The molecule has 22 nitrogen and oxygen atoms in total. The van der Waals surface area contributed by atoms with E-state index in [1.807, 2.05) is 0 Å². The average Bonchev–Trinajstić information content (AvgIpc) is 3.94. The number of nitrogens with two attached hydrogens (primary N) is 1. The van der Waals surface area contributed by atoms with Crippen molar-refractivity contribution in [2.24, 2.45) is 11.7 Å². The minimum absolute atomic E-state index is 0.131. The predicted molar refractivity (Wildman–Crippen MR) is 184 cm³/mol. The minimum atomic E-state index is -1.51. The molecule has 22 heteroatoms. The van der Waals surface area contributed by atoms with Gasteiger partial charge in [-0.15, -0.1) is 0 Å². The van der Waals surface area contributed by atoms with Crippen molar-refractivity contribution in [3.8, 4) is 0 Å². The molecule has 1 saturated heterocycles. The standard InChI is InChI=1S/C32H47N11O11/c1-16(2)26(30(51)39-19(5-6-25(46)47)27(48)41-21(32(53)54)9-18-12-35-15-37-18)42-28(49)20(8-17-11-34-14-36-17)40-29(50)23-4-3-7-43(23)31(52)22(13-44)38-24(45)10-33/h11-12,14-16,19-23,26,44H,3-10,13,33H2,1-2H3,(H,34,36)(H,35,37)(H,38,45)(H,39,51)(H,40,50)(H,41,48)(H,42,49)(H,46,47)(H,53,54)/t19-,20-,21-,22-,23-,26-/m0/s1. The van der Waals surface area contributed by atoms with E-state index >= 15 is 0 Å². The van der Waals surface area contributed by atoms with Gasteiger partial charge in [0.25, 0.3) is 0 Å². The smallest absolute Gasteiger partial charge is 0.326 e. The Balaban J connectivity index is 1.78. The molecule has 2 aromatic rings. The number of carboxylic acid groups (broad SMARTS) is 2. The summed E-state index contributed by atoms with van der Waals surface area (Å²) in [5, 5.41) is 41.0. The van der Waals surface area contributed by atoms with Gasteiger partial charge in [-0.3, -0.25) is 33.6 Å². The van der Waals surface area contributed by atoms with Crippen LogP contribution in [0.5, 0.6) is 0 Å². The average molecular weight is 762 g/mol. The van der Waals surface area contributed by atoms with Crippen LogP contribution < -0.4 is 32.3 Å². The van der Waals surface area contributed by atoms with Gasteiger partial charge in [-0.25, -0.2) is 14.8 Å². The highest BCUT2D eigenvalue weighted by atomic mass is 16.4. The van der Waals surface area contributed by atoms with Gasteiger partial charge < -0.3 is 62.5 Å². The number of imidazole rings is 2.